The van der Waals surface area contributed by atoms with Gasteiger partial charge in [-0.3, -0.25) is 5.84 Å². The number of hydrazine groups is 1. The summed E-state index contributed by atoms with van der Waals surface area (Å²) in [7, 11) is 0. The molecular weight excluding hydrogens is 164 g/mol. The average Bonchev–Trinajstić information content (AvgIpc) is 2.02. The fourth-order valence-corrected chi connectivity index (χ4v) is 2.86. The van der Waals surface area contributed by atoms with Crippen LogP contribution >= 0.6 is 0 Å². The van der Waals surface area contributed by atoms with E-state index in [1.807, 2.05) is 5.01 Å². The molecule has 2 atom stereocenters. The van der Waals surface area contributed by atoms with Crippen molar-refractivity contribution < 1.29 is 4.74 Å². The number of hydrogen-bond donors (Lipinski definition) is 1. The Morgan fingerprint density at radius 1 is 1.46 bits per heavy atom. The Morgan fingerprint density at radius 2 is 2.31 bits per heavy atom. The first-order chi connectivity index (χ1) is 6.20. The van der Waals surface area contributed by atoms with E-state index in [0.29, 0.717) is 11.5 Å². The summed E-state index contributed by atoms with van der Waals surface area (Å²) in [6, 6.07) is 0. The number of ether oxygens (including phenoxy) is 1. The van der Waals surface area contributed by atoms with E-state index in [1.54, 1.807) is 0 Å². The van der Waals surface area contributed by atoms with Crippen molar-refractivity contribution in [1.29, 1.82) is 0 Å². The van der Waals surface area contributed by atoms with Crippen molar-refractivity contribution in [2.24, 2.45) is 11.3 Å². The highest BCUT2D eigenvalue weighted by Crippen LogP contribution is 2.40. The van der Waals surface area contributed by atoms with E-state index in [4.69, 9.17) is 10.6 Å². The molecule has 2 N–H and O–H groups in total. The van der Waals surface area contributed by atoms with Crippen molar-refractivity contribution >= 4 is 0 Å². The maximum atomic E-state index is 5.88. The number of hydrogen-bond acceptors (Lipinski definition) is 3. The van der Waals surface area contributed by atoms with Crippen LogP contribution in [0.5, 0.6) is 0 Å². The predicted molar refractivity (Wildman–Crippen MR) is 52.1 cm³/mol. The normalized spacial score (nSPS) is 42.5. The monoisotopic (exact) mass is 184 g/mol. The average molecular weight is 184 g/mol. The lowest BCUT2D eigenvalue weighted by Gasteiger charge is -2.45. The lowest BCUT2D eigenvalue weighted by Crippen LogP contribution is -2.50. The van der Waals surface area contributed by atoms with Crippen LogP contribution in [0, 0.1) is 5.41 Å². The van der Waals surface area contributed by atoms with Gasteiger partial charge in [0, 0.05) is 19.7 Å². The quantitative estimate of drug-likeness (QED) is 0.574. The molecule has 1 spiro atoms. The Kier molecular flexibility index (Phi) is 2.58. The van der Waals surface area contributed by atoms with Crippen molar-refractivity contribution in [3.8, 4) is 0 Å². The molecule has 2 rings (SSSR count). The van der Waals surface area contributed by atoms with Crippen LogP contribution in [0.3, 0.4) is 0 Å². The molecule has 0 radical (unpaired) electrons. The molecule has 2 fully saturated rings. The van der Waals surface area contributed by atoms with E-state index < -0.39 is 0 Å². The summed E-state index contributed by atoms with van der Waals surface area (Å²) in [5.74, 6) is 5.88. The summed E-state index contributed by atoms with van der Waals surface area (Å²) >= 11 is 0. The summed E-state index contributed by atoms with van der Waals surface area (Å²) in [5.41, 5.74) is 0.477. The second kappa shape index (κ2) is 3.56. The van der Waals surface area contributed by atoms with Crippen molar-refractivity contribution in [3.63, 3.8) is 0 Å². The van der Waals surface area contributed by atoms with Gasteiger partial charge in [-0.2, -0.15) is 0 Å². The van der Waals surface area contributed by atoms with Gasteiger partial charge < -0.3 is 4.74 Å². The second-order valence-electron chi connectivity index (χ2n) is 4.71. The first kappa shape index (κ1) is 9.44. The molecule has 76 valence electrons. The molecule has 2 unspecified atom stereocenters. The molecule has 0 amide bonds. The van der Waals surface area contributed by atoms with Crippen molar-refractivity contribution in [3.05, 3.63) is 0 Å². The van der Waals surface area contributed by atoms with Gasteiger partial charge in [0.2, 0.25) is 0 Å². The minimum atomic E-state index is 0.431. The summed E-state index contributed by atoms with van der Waals surface area (Å²) in [6.07, 6.45) is 5.42. The third kappa shape index (κ3) is 2.03. The molecule has 0 saturated carbocycles. The Bertz CT molecular complexity index is 164. The number of piperidine rings is 1. The van der Waals surface area contributed by atoms with E-state index >= 15 is 0 Å². The highest BCUT2D eigenvalue weighted by molar-refractivity contribution is 4.89. The lowest BCUT2D eigenvalue weighted by atomic mass is 9.72. The first-order valence-corrected chi connectivity index (χ1v) is 5.31. The molecule has 0 aromatic carbocycles. The smallest absolute Gasteiger partial charge is 0.0552 e. The lowest BCUT2D eigenvalue weighted by molar-refractivity contribution is -0.0676. The third-order valence-corrected chi connectivity index (χ3v) is 3.45. The molecule has 3 nitrogen and oxygen atoms in total. The summed E-state index contributed by atoms with van der Waals surface area (Å²) in [5, 5.41) is 1.99. The highest BCUT2D eigenvalue weighted by atomic mass is 16.5. The first-order valence-electron chi connectivity index (χ1n) is 5.31. The van der Waals surface area contributed by atoms with Crippen LogP contribution in [-0.4, -0.2) is 30.8 Å². The Hall–Kier alpha value is -0.120. The zero-order valence-corrected chi connectivity index (χ0v) is 8.46. The molecule has 2 heterocycles. The number of rotatable bonds is 0. The largest absolute Gasteiger partial charge is 0.378 e. The fraction of sp³-hybridized carbons (Fsp3) is 1.00. The van der Waals surface area contributed by atoms with E-state index in [2.05, 4.69) is 6.92 Å². The van der Waals surface area contributed by atoms with Gasteiger partial charge in [-0.15, -0.1) is 0 Å². The van der Waals surface area contributed by atoms with Gasteiger partial charge in [0.1, 0.15) is 0 Å². The van der Waals surface area contributed by atoms with E-state index in [1.165, 1.54) is 25.7 Å². The summed E-state index contributed by atoms with van der Waals surface area (Å²) in [4.78, 5) is 0. The molecule has 2 aliphatic heterocycles. The maximum absolute atomic E-state index is 5.88. The molecule has 2 saturated heterocycles. The van der Waals surface area contributed by atoms with Crippen LogP contribution in [-0.2, 0) is 4.74 Å². The maximum Gasteiger partial charge on any atom is 0.0552 e. The van der Waals surface area contributed by atoms with Crippen molar-refractivity contribution in [1.82, 2.24) is 5.01 Å². The van der Waals surface area contributed by atoms with Gasteiger partial charge in [-0.25, -0.2) is 5.01 Å². The van der Waals surface area contributed by atoms with Gasteiger partial charge in [0.05, 0.1) is 6.10 Å². The molecule has 0 bridgehead atoms. The second-order valence-corrected chi connectivity index (χ2v) is 4.71. The molecule has 0 aromatic heterocycles. The van der Waals surface area contributed by atoms with Gasteiger partial charge in [-0.05, 0) is 38.0 Å². The molecule has 3 heteroatoms. The van der Waals surface area contributed by atoms with Crippen LogP contribution in [0.1, 0.15) is 32.6 Å². The Morgan fingerprint density at radius 3 is 3.00 bits per heavy atom. The minimum absolute atomic E-state index is 0.431. The fourth-order valence-electron chi connectivity index (χ4n) is 2.86. The molecule has 0 aliphatic carbocycles. The zero-order valence-electron chi connectivity index (χ0n) is 8.46. The molecular formula is C10H20N2O. The topological polar surface area (TPSA) is 38.5 Å². The van der Waals surface area contributed by atoms with Gasteiger partial charge >= 0.3 is 0 Å². The Labute approximate surface area is 80.2 Å². The van der Waals surface area contributed by atoms with E-state index in [9.17, 15) is 0 Å². The zero-order chi connectivity index (χ0) is 9.31. The van der Waals surface area contributed by atoms with Crippen LogP contribution in [0.4, 0.5) is 0 Å². The van der Waals surface area contributed by atoms with Crippen LogP contribution in [0.15, 0.2) is 0 Å². The third-order valence-electron chi connectivity index (χ3n) is 3.45. The molecule has 13 heavy (non-hydrogen) atoms. The standard InChI is InChI=1S/C10H20N2O/c1-9-7-10(4-6-13-9)3-2-5-12(11)8-10/h9H,2-8,11H2,1H3. The van der Waals surface area contributed by atoms with Crippen LogP contribution in [0.25, 0.3) is 0 Å². The summed E-state index contributed by atoms with van der Waals surface area (Å²) in [6.45, 7) is 5.24. The van der Waals surface area contributed by atoms with Gasteiger partial charge in [0.15, 0.2) is 0 Å². The van der Waals surface area contributed by atoms with Crippen LogP contribution in [0.2, 0.25) is 0 Å². The number of nitrogens with two attached hydrogens (primary N) is 1. The van der Waals surface area contributed by atoms with Gasteiger partial charge in [-0.1, -0.05) is 0 Å². The minimum Gasteiger partial charge on any atom is -0.378 e. The number of nitrogens with zero attached hydrogens (tertiary/aromatic N) is 1. The van der Waals surface area contributed by atoms with Crippen LogP contribution < -0.4 is 5.84 Å². The van der Waals surface area contributed by atoms with Gasteiger partial charge in [0.25, 0.3) is 0 Å². The Balaban J connectivity index is 2.00. The summed E-state index contributed by atoms with van der Waals surface area (Å²) < 4.78 is 5.58. The highest BCUT2D eigenvalue weighted by Gasteiger charge is 2.38. The molecule has 2 aliphatic rings. The van der Waals surface area contributed by atoms with Crippen molar-refractivity contribution in [2.45, 2.75) is 38.7 Å². The van der Waals surface area contributed by atoms with Crippen molar-refractivity contribution in [2.75, 3.05) is 19.7 Å². The van der Waals surface area contributed by atoms with E-state index in [-0.39, 0.29) is 0 Å². The SMILES string of the molecule is CC1CC2(CCCN(N)C2)CCO1. The predicted octanol–water partition coefficient (Wildman–Crippen LogP) is 1.14. The molecule has 0 aromatic rings. The van der Waals surface area contributed by atoms with E-state index in [0.717, 1.165) is 19.7 Å².